The molecule has 1 heterocycles. The SMILES string of the molecule is Cc1cccc([C@H]2C3=CC[C@@H]4C(=O)N(C5CCCCC5)C(=O)[C@@H]4[C@@H]3CC3=C2C(=O)C=C(Br)C3=O)c1O. The number of aromatic hydroxyl groups is 1. The maximum atomic E-state index is 13.9. The number of phenols is 1. The van der Waals surface area contributed by atoms with Crippen LogP contribution < -0.4 is 0 Å². The fourth-order valence-corrected chi connectivity index (χ4v) is 7.65. The van der Waals surface area contributed by atoms with E-state index in [1.165, 1.54) is 11.0 Å². The minimum Gasteiger partial charge on any atom is -0.507 e. The Hall–Kier alpha value is -2.80. The molecule has 0 bridgehead atoms. The summed E-state index contributed by atoms with van der Waals surface area (Å²) in [7, 11) is 0. The van der Waals surface area contributed by atoms with Crippen molar-refractivity contribution in [1.29, 1.82) is 0 Å². The van der Waals surface area contributed by atoms with Crippen molar-refractivity contribution in [2.24, 2.45) is 17.8 Å². The summed E-state index contributed by atoms with van der Waals surface area (Å²) in [6.07, 6.45) is 8.85. The van der Waals surface area contributed by atoms with E-state index >= 15 is 0 Å². The lowest BCUT2D eigenvalue weighted by Gasteiger charge is -2.42. The van der Waals surface area contributed by atoms with Crippen molar-refractivity contribution in [2.45, 2.75) is 63.8 Å². The number of hydrogen-bond donors (Lipinski definition) is 1. The topological polar surface area (TPSA) is 91.8 Å². The van der Waals surface area contributed by atoms with Gasteiger partial charge in [-0.05, 0) is 60.0 Å². The molecule has 186 valence electrons. The van der Waals surface area contributed by atoms with Crippen molar-refractivity contribution >= 4 is 39.3 Å². The number of halogens is 1. The molecule has 36 heavy (non-hydrogen) atoms. The first-order valence-electron chi connectivity index (χ1n) is 12.8. The van der Waals surface area contributed by atoms with Crippen LogP contribution in [-0.4, -0.2) is 39.4 Å². The highest BCUT2D eigenvalue weighted by molar-refractivity contribution is 9.12. The molecule has 0 spiro atoms. The maximum absolute atomic E-state index is 13.9. The fraction of sp³-hybridized carbons (Fsp3) is 0.448. The molecule has 2 amide bonds. The highest BCUT2D eigenvalue weighted by Crippen LogP contribution is 2.56. The van der Waals surface area contributed by atoms with E-state index in [4.69, 9.17) is 0 Å². The Kier molecular flexibility index (Phi) is 5.67. The van der Waals surface area contributed by atoms with Crippen molar-refractivity contribution in [3.8, 4) is 5.75 Å². The number of likely N-dealkylation sites (tertiary alicyclic amines) is 1. The second-order valence-electron chi connectivity index (χ2n) is 10.7. The van der Waals surface area contributed by atoms with Crippen molar-refractivity contribution in [3.63, 3.8) is 0 Å². The van der Waals surface area contributed by atoms with Gasteiger partial charge in [0.15, 0.2) is 11.6 Å². The van der Waals surface area contributed by atoms with Crippen LogP contribution in [0.3, 0.4) is 0 Å². The van der Waals surface area contributed by atoms with Gasteiger partial charge in [0, 0.05) is 34.7 Å². The number of phenolic OH excluding ortho intramolecular Hbond substituents is 1. The number of Topliss-reactive ketones (excluding diaryl/α,β-unsaturated/α-hetero) is 1. The third-order valence-corrected chi connectivity index (χ3v) is 9.47. The average Bonchev–Trinajstić information content (AvgIpc) is 3.13. The number of para-hydroxylation sites is 1. The Bertz CT molecular complexity index is 1310. The van der Waals surface area contributed by atoms with Crippen LogP contribution in [0.5, 0.6) is 5.75 Å². The molecule has 5 aliphatic rings. The van der Waals surface area contributed by atoms with Crippen molar-refractivity contribution in [2.75, 3.05) is 0 Å². The molecule has 4 atom stereocenters. The zero-order valence-electron chi connectivity index (χ0n) is 20.1. The normalized spacial score (nSPS) is 30.7. The summed E-state index contributed by atoms with van der Waals surface area (Å²) in [4.78, 5) is 55.5. The Labute approximate surface area is 218 Å². The van der Waals surface area contributed by atoms with Gasteiger partial charge in [0.05, 0.1) is 16.3 Å². The Morgan fingerprint density at radius 1 is 1.00 bits per heavy atom. The summed E-state index contributed by atoms with van der Waals surface area (Å²) in [5.41, 5.74) is 2.87. The molecule has 1 N–H and O–H groups in total. The van der Waals surface area contributed by atoms with Crippen LogP contribution in [0.4, 0.5) is 0 Å². The largest absolute Gasteiger partial charge is 0.507 e. The molecule has 4 aliphatic carbocycles. The summed E-state index contributed by atoms with van der Waals surface area (Å²) in [6.45, 7) is 1.80. The van der Waals surface area contributed by atoms with Crippen LogP contribution in [0.15, 0.2) is 51.6 Å². The van der Waals surface area contributed by atoms with Gasteiger partial charge in [0.2, 0.25) is 11.8 Å². The van der Waals surface area contributed by atoms with Crippen LogP contribution in [0.1, 0.15) is 62.0 Å². The molecule has 0 aromatic heterocycles. The van der Waals surface area contributed by atoms with Crippen LogP contribution in [0.25, 0.3) is 0 Å². The molecule has 6 nitrogen and oxygen atoms in total. The first-order chi connectivity index (χ1) is 17.3. The molecular weight excluding hydrogens is 522 g/mol. The third-order valence-electron chi connectivity index (χ3n) is 8.89. The number of ketones is 2. The molecule has 7 heteroatoms. The predicted molar refractivity (Wildman–Crippen MR) is 136 cm³/mol. The zero-order chi connectivity index (χ0) is 25.3. The van der Waals surface area contributed by atoms with Gasteiger partial charge in [-0.2, -0.15) is 0 Å². The van der Waals surface area contributed by atoms with Crippen molar-refractivity contribution in [3.05, 3.63) is 62.7 Å². The van der Waals surface area contributed by atoms with Gasteiger partial charge in [-0.3, -0.25) is 24.1 Å². The van der Waals surface area contributed by atoms with Crippen LogP contribution in [0.2, 0.25) is 0 Å². The highest BCUT2D eigenvalue weighted by Gasteiger charge is 2.57. The number of nitrogens with zero attached hydrogens (tertiary/aromatic N) is 1. The molecule has 0 radical (unpaired) electrons. The number of amides is 2. The minimum atomic E-state index is -0.625. The Morgan fingerprint density at radius 3 is 2.50 bits per heavy atom. The first-order valence-corrected chi connectivity index (χ1v) is 13.6. The van der Waals surface area contributed by atoms with Gasteiger partial charge in [-0.1, -0.05) is 49.1 Å². The van der Waals surface area contributed by atoms with E-state index in [2.05, 4.69) is 15.9 Å². The lowest BCUT2D eigenvalue weighted by Crippen LogP contribution is -2.43. The van der Waals surface area contributed by atoms with Crippen molar-refractivity contribution < 1.29 is 24.3 Å². The number of carbonyl (C=O) groups is 4. The van der Waals surface area contributed by atoms with E-state index in [1.54, 1.807) is 19.1 Å². The zero-order valence-corrected chi connectivity index (χ0v) is 21.7. The van der Waals surface area contributed by atoms with E-state index in [9.17, 15) is 24.3 Å². The number of rotatable bonds is 2. The summed E-state index contributed by atoms with van der Waals surface area (Å²) in [5, 5.41) is 11.0. The van der Waals surface area contributed by atoms with Gasteiger partial charge < -0.3 is 5.11 Å². The van der Waals surface area contributed by atoms with Gasteiger partial charge >= 0.3 is 0 Å². The number of fused-ring (bicyclic) bond motifs is 3. The molecule has 1 saturated heterocycles. The van der Waals surface area contributed by atoms with Gasteiger partial charge in [0.25, 0.3) is 0 Å². The number of allylic oxidation sites excluding steroid dienone is 6. The number of aryl methyl sites for hydroxylation is 1. The highest BCUT2D eigenvalue weighted by atomic mass is 79.9. The summed E-state index contributed by atoms with van der Waals surface area (Å²) in [6, 6.07) is 5.37. The summed E-state index contributed by atoms with van der Waals surface area (Å²) < 4.78 is 0.205. The Morgan fingerprint density at radius 2 is 1.75 bits per heavy atom. The van der Waals surface area contributed by atoms with E-state index in [0.717, 1.165) is 37.7 Å². The monoisotopic (exact) mass is 549 g/mol. The molecule has 2 fully saturated rings. The number of carbonyl (C=O) groups excluding carboxylic acids is 4. The van der Waals surface area contributed by atoms with E-state index in [-0.39, 0.29) is 52.0 Å². The maximum Gasteiger partial charge on any atom is 0.233 e. The van der Waals surface area contributed by atoms with Gasteiger partial charge in [-0.15, -0.1) is 0 Å². The van der Waals surface area contributed by atoms with Crippen LogP contribution >= 0.6 is 15.9 Å². The second-order valence-corrected chi connectivity index (χ2v) is 11.6. The summed E-state index contributed by atoms with van der Waals surface area (Å²) >= 11 is 3.25. The molecule has 1 saturated carbocycles. The average molecular weight is 550 g/mol. The van der Waals surface area contributed by atoms with Gasteiger partial charge in [0.1, 0.15) is 5.75 Å². The van der Waals surface area contributed by atoms with E-state index < -0.39 is 17.8 Å². The van der Waals surface area contributed by atoms with E-state index in [1.807, 2.05) is 12.1 Å². The third kappa shape index (κ3) is 3.35. The van der Waals surface area contributed by atoms with Crippen molar-refractivity contribution in [1.82, 2.24) is 4.90 Å². The molecular formula is C29H28BrNO5. The smallest absolute Gasteiger partial charge is 0.233 e. The molecule has 6 rings (SSSR count). The van der Waals surface area contributed by atoms with Crippen LogP contribution in [0, 0.1) is 24.7 Å². The lowest BCUT2D eigenvalue weighted by molar-refractivity contribution is -0.143. The molecule has 0 unspecified atom stereocenters. The quantitative estimate of drug-likeness (QED) is 0.325. The standard InChI is InChI=1S/C29H28BrNO5/c1-14-6-5-9-17(26(14)33)23-16-10-11-18-24(29(36)31(28(18)35)15-7-3-2-4-8-15)19(16)12-20-25(23)22(32)13-21(30)27(20)34/h5-6,9-10,13,15,18-19,23-24,33H,2-4,7-8,11-12H2,1H3/t18-,19+,23+,24-/m0/s1. The van der Waals surface area contributed by atoms with Crippen LogP contribution in [-0.2, 0) is 19.2 Å². The second kappa shape index (κ2) is 8.65. The number of hydrogen-bond acceptors (Lipinski definition) is 5. The first kappa shape index (κ1) is 23.6. The molecule has 1 aliphatic heterocycles. The van der Waals surface area contributed by atoms with Gasteiger partial charge in [-0.25, -0.2) is 0 Å². The van der Waals surface area contributed by atoms with E-state index in [0.29, 0.717) is 28.7 Å². The summed E-state index contributed by atoms with van der Waals surface area (Å²) in [5.74, 6) is -2.63. The fourth-order valence-electron chi connectivity index (χ4n) is 7.20. The lowest BCUT2D eigenvalue weighted by atomic mass is 9.59. The minimum absolute atomic E-state index is 0.0438. The molecule has 1 aromatic rings. The molecule has 1 aromatic carbocycles. The number of benzene rings is 1. The number of imide groups is 1. The Balaban J connectivity index is 1.48. The predicted octanol–water partition coefficient (Wildman–Crippen LogP) is 4.80.